The van der Waals surface area contributed by atoms with Crippen LogP contribution in [0.15, 0.2) is 53.2 Å². The van der Waals surface area contributed by atoms with Crippen LogP contribution >= 0.6 is 0 Å². The van der Waals surface area contributed by atoms with Gasteiger partial charge in [-0.1, -0.05) is 35.9 Å². The molecule has 1 heterocycles. The lowest BCUT2D eigenvalue weighted by atomic mass is 10.0. The van der Waals surface area contributed by atoms with Gasteiger partial charge in [-0.2, -0.15) is 0 Å². The average molecular weight is 322 g/mol. The zero-order valence-corrected chi connectivity index (χ0v) is 13.8. The summed E-state index contributed by atoms with van der Waals surface area (Å²) in [7, 11) is 0. The van der Waals surface area contributed by atoms with Crippen LogP contribution in [0.2, 0.25) is 0 Å². The Morgan fingerprint density at radius 3 is 2.58 bits per heavy atom. The Morgan fingerprint density at radius 2 is 1.83 bits per heavy atom. The summed E-state index contributed by atoms with van der Waals surface area (Å²) in [6, 6.07) is 12.5. The number of aliphatic imine (C=N–C) groups is 1. The topological polar surface area (TPSA) is 41.5 Å². The van der Waals surface area contributed by atoms with Crippen LogP contribution in [0.3, 0.4) is 0 Å². The molecule has 0 atom stereocenters. The number of amides is 1. The van der Waals surface area contributed by atoms with E-state index in [0.717, 1.165) is 22.3 Å². The fourth-order valence-corrected chi connectivity index (χ4v) is 2.61. The molecule has 0 aromatic heterocycles. The van der Waals surface area contributed by atoms with E-state index in [9.17, 15) is 9.18 Å². The van der Waals surface area contributed by atoms with Crippen LogP contribution < -0.4 is 5.32 Å². The zero-order valence-electron chi connectivity index (χ0n) is 13.8. The lowest BCUT2D eigenvalue weighted by molar-refractivity contribution is -0.115. The smallest absolute Gasteiger partial charge is 0.275 e. The van der Waals surface area contributed by atoms with Gasteiger partial charge < -0.3 is 5.32 Å². The third kappa shape index (κ3) is 3.77. The van der Waals surface area contributed by atoms with Gasteiger partial charge in [0.05, 0.1) is 0 Å². The summed E-state index contributed by atoms with van der Waals surface area (Å²) in [6.45, 7) is 4.03. The molecule has 0 spiro atoms. The predicted octanol–water partition coefficient (Wildman–Crippen LogP) is 3.94. The fourth-order valence-electron chi connectivity index (χ4n) is 2.61. The molecule has 2 aromatic carbocycles. The number of amidine groups is 1. The Bertz CT molecular complexity index is 835. The van der Waals surface area contributed by atoms with Crippen molar-refractivity contribution in [2.75, 3.05) is 0 Å². The minimum Gasteiger partial charge on any atom is -0.309 e. The molecule has 4 heteroatoms. The number of hydrogen-bond acceptors (Lipinski definition) is 2. The Kier molecular flexibility index (Phi) is 4.56. The summed E-state index contributed by atoms with van der Waals surface area (Å²) in [5.41, 5.74) is 4.70. The Balaban J connectivity index is 1.74. The van der Waals surface area contributed by atoms with Crippen molar-refractivity contribution in [1.29, 1.82) is 0 Å². The number of hydrogen-bond donors (Lipinski definition) is 1. The summed E-state index contributed by atoms with van der Waals surface area (Å²) in [6.07, 6.45) is 3.14. The molecule has 0 radical (unpaired) electrons. The van der Waals surface area contributed by atoms with Crippen LogP contribution in [0, 0.1) is 19.7 Å². The van der Waals surface area contributed by atoms with Crippen LogP contribution in [-0.4, -0.2) is 11.7 Å². The minimum atomic E-state index is -0.246. The molecular formula is C20H19FN2O. The number of benzene rings is 2. The van der Waals surface area contributed by atoms with Crippen LogP contribution in [0.25, 0.3) is 6.08 Å². The first-order chi connectivity index (χ1) is 11.5. The first-order valence-electron chi connectivity index (χ1n) is 7.93. The normalized spacial score (nSPS) is 15.5. The average Bonchev–Trinajstić information content (AvgIpc) is 2.90. The number of carbonyl (C=O) groups excluding carboxylic acids is 1. The van der Waals surface area contributed by atoms with E-state index in [0.29, 0.717) is 24.4 Å². The van der Waals surface area contributed by atoms with Crippen LogP contribution in [0.4, 0.5) is 4.39 Å². The van der Waals surface area contributed by atoms with Gasteiger partial charge in [0.25, 0.3) is 5.91 Å². The summed E-state index contributed by atoms with van der Waals surface area (Å²) in [5, 5.41) is 2.81. The number of nitrogens with one attached hydrogen (secondary N) is 1. The van der Waals surface area contributed by atoms with E-state index in [4.69, 9.17) is 0 Å². The van der Waals surface area contributed by atoms with Gasteiger partial charge in [-0.15, -0.1) is 0 Å². The maximum absolute atomic E-state index is 12.9. The number of halogens is 1. The first kappa shape index (κ1) is 16.1. The second-order valence-corrected chi connectivity index (χ2v) is 6.03. The zero-order chi connectivity index (χ0) is 17.1. The van der Waals surface area contributed by atoms with Gasteiger partial charge >= 0.3 is 0 Å². The van der Waals surface area contributed by atoms with Crippen LogP contribution in [0.5, 0.6) is 0 Å². The Hall–Kier alpha value is -2.75. The van der Waals surface area contributed by atoms with Crippen molar-refractivity contribution in [2.24, 2.45) is 4.99 Å². The molecule has 0 saturated heterocycles. The molecule has 0 bridgehead atoms. The maximum Gasteiger partial charge on any atom is 0.275 e. The third-order valence-electron chi connectivity index (χ3n) is 4.04. The molecule has 1 N–H and O–H groups in total. The quantitative estimate of drug-likeness (QED) is 0.851. The van der Waals surface area contributed by atoms with Gasteiger partial charge in [0.2, 0.25) is 0 Å². The number of rotatable bonds is 4. The Morgan fingerprint density at radius 1 is 1.08 bits per heavy atom. The molecule has 3 rings (SSSR count). The number of aryl methyl sites for hydroxylation is 3. The van der Waals surface area contributed by atoms with Gasteiger partial charge in [0, 0.05) is 6.42 Å². The standard InChI is InChI=1S/C20H19FN2O/c1-13-3-4-14(2)16(11-13)12-18-20(24)23-19(22-18)10-7-15-5-8-17(21)9-6-15/h3-6,8-9,11-12H,7,10H2,1-2H3,(H,22,23,24)/b18-12+. The molecule has 1 amide bonds. The van der Waals surface area contributed by atoms with Crippen LogP contribution in [0.1, 0.15) is 28.7 Å². The highest BCUT2D eigenvalue weighted by Gasteiger charge is 2.19. The molecular weight excluding hydrogens is 303 g/mol. The fraction of sp³-hybridized carbons (Fsp3) is 0.200. The highest BCUT2D eigenvalue weighted by atomic mass is 19.1. The van der Waals surface area contributed by atoms with Crippen molar-refractivity contribution in [1.82, 2.24) is 5.32 Å². The molecule has 0 fully saturated rings. The molecule has 24 heavy (non-hydrogen) atoms. The van der Waals surface area contributed by atoms with E-state index >= 15 is 0 Å². The van der Waals surface area contributed by atoms with Crippen molar-refractivity contribution in [3.63, 3.8) is 0 Å². The van der Waals surface area contributed by atoms with Gasteiger partial charge in [0.15, 0.2) is 0 Å². The first-order valence-corrected chi connectivity index (χ1v) is 7.93. The van der Waals surface area contributed by atoms with Crippen molar-refractivity contribution in [2.45, 2.75) is 26.7 Å². The van der Waals surface area contributed by atoms with E-state index in [1.165, 1.54) is 12.1 Å². The monoisotopic (exact) mass is 322 g/mol. The van der Waals surface area contributed by atoms with Gasteiger partial charge in [-0.05, 0) is 55.2 Å². The van der Waals surface area contributed by atoms with Gasteiger partial charge in [0.1, 0.15) is 17.3 Å². The minimum absolute atomic E-state index is 0.176. The largest absolute Gasteiger partial charge is 0.309 e. The molecule has 0 aliphatic carbocycles. The second-order valence-electron chi connectivity index (χ2n) is 6.03. The van der Waals surface area contributed by atoms with Gasteiger partial charge in [-0.25, -0.2) is 9.38 Å². The highest BCUT2D eigenvalue weighted by molar-refractivity contribution is 6.14. The summed E-state index contributed by atoms with van der Waals surface area (Å²) >= 11 is 0. The summed E-state index contributed by atoms with van der Waals surface area (Å²) in [4.78, 5) is 16.5. The second kappa shape index (κ2) is 6.79. The lowest BCUT2D eigenvalue weighted by Crippen LogP contribution is -2.24. The number of nitrogens with zero attached hydrogens (tertiary/aromatic N) is 1. The van der Waals surface area contributed by atoms with Crippen molar-refractivity contribution in [3.8, 4) is 0 Å². The molecule has 1 aliphatic heterocycles. The van der Waals surface area contributed by atoms with Gasteiger partial charge in [-0.3, -0.25) is 4.79 Å². The van der Waals surface area contributed by atoms with Crippen molar-refractivity contribution >= 4 is 17.8 Å². The molecule has 0 unspecified atom stereocenters. The van der Waals surface area contributed by atoms with Crippen LogP contribution in [-0.2, 0) is 11.2 Å². The van der Waals surface area contributed by atoms with E-state index in [-0.39, 0.29) is 11.7 Å². The highest BCUT2D eigenvalue weighted by Crippen LogP contribution is 2.18. The van der Waals surface area contributed by atoms with E-state index in [1.54, 1.807) is 12.1 Å². The van der Waals surface area contributed by atoms with Crippen molar-refractivity contribution < 1.29 is 9.18 Å². The van der Waals surface area contributed by atoms with E-state index in [2.05, 4.69) is 10.3 Å². The molecule has 0 saturated carbocycles. The predicted molar refractivity (Wildman–Crippen MR) is 94.2 cm³/mol. The summed E-state index contributed by atoms with van der Waals surface area (Å²) < 4.78 is 12.9. The third-order valence-corrected chi connectivity index (χ3v) is 4.04. The molecule has 2 aromatic rings. The lowest BCUT2D eigenvalue weighted by Gasteiger charge is -2.02. The van der Waals surface area contributed by atoms with E-state index in [1.807, 2.05) is 38.1 Å². The molecule has 1 aliphatic rings. The SMILES string of the molecule is Cc1ccc(C)c(/C=C2/N=C(CCc3ccc(F)cc3)NC2=O)c1. The van der Waals surface area contributed by atoms with Crippen molar-refractivity contribution in [3.05, 3.63) is 76.2 Å². The maximum atomic E-state index is 12.9. The molecule has 3 nitrogen and oxygen atoms in total. The van der Waals surface area contributed by atoms with E-state index < -0.39 is 0 Å². The molecule has 122 valence electrons. The number of carbonyl (C=O) groups is 1. The summed E-state index contributed by atoms with van der Waals surface area (Å²) in [5.74, 6) is 0.231. The Labute approximate surface area is 140 Å².